The molecule has 0 N–H and O–H groups in total. The highest BCUT2D eigenvalue weighted by Crippen LogP contribution is 2.34. The molecule has 0 aliphatic heterocycles. The lowest BCUT2D eigenvalue weighted by Crippen LogP contribution is -2.29. The molecule has 0 aromatic heterocycles. The van der Waals surface area contributed by atoms with Crippen LogP contribution in [0.3, 0.4) is 0 Å². The van der Waals surface area contributed by atoms with Gasteiger partial charge in [-0.2, -0.15) is 0 Å². The van der Waals surface area contributed by atoms with Gasteiger partial charge in [-0.15, -0.1) is 0 Å². The monoisotopic (exact) mass is 464 g/mol. The van der Waals surface area contributed by atoms with E-state index in [1.807, 2.05) is 0 Å². The normalized spacial score (nSPS) is 15.5. The van der Waals surface area contributed by atoms with Gasteiger partial charge in [-0.25, -0.2) is 0 Å². The van der Waals surface area contributed by atoms with Crippen molar-refractivity contribution >= 4 is 11.9 Å². The van der Waals surface area contributed by atoms with E-state index in [0.29, 0.717) is 12.3 Å². The quantitative estimate of drug-likeness (QED) is 0.0964. The molecular formula is C30H56O3. The van der Waals surface area contributed by atoms with Gasteiger partial charge in [0.25, 0.3) is 0 Å². The van der Waals surface area contributed by atoms with Gasteiger partial charge in [0.05, 0.1) is 5.92 Å². The summed E-state index contributed by atoms with van der Waals surface area (Å²) in [6.07, 6.45) is 28.5. The van der Waals surface area contributed by atoms with Crippen molar-refractivity contribution in [3.63, 3.8) is 0 Å². The molecule has 0 aromatic rings. The standard InChI is InChI=1S/C30H56O3/c1-3-5-7-9-11-13-15-17-22-26-29(31)33-30(32)28(27-23-19-18-20-24-27)25-21-16-14-12-10-8-6-4-2/h27-28H,3-26H2,1-2H3. The van der Waals surface area contributed by atoms with Crippen LogP contribution in [0.25, 0.3) is 0 Å². The Morgan fingerprint density at radius 2 is 1.09 bits per heavy atom. The predicted molar refractivity (Wildman–Crippen MR) is 140 cm³/mol. The molecular weight excluding hydrogens is 408 g/mol. The van der Waals surface area contributed by atoms with Gasteiger partial charge in [-0.3, -0.25) is 9.59 Å². The lowest BCUT2D eigenvalue weighted by Gasteiger charge is -2.28. The van der Waals surface area contributed by atoms with Gasteiger partial charge >= 0.3 is 11.9 Å². The maximum Gasteiger partial charge on any atom is 0.316 e. The van der Waals surface area contributed by atoms with E-state index in [0.717, 1.165) is 38.5 Å². The van der Waals surface area contributed by atoms with Crippen molar-refractivity contribution in [2.75, 3.05) is 0 Å². The van der Waals surface area contributed by atoms with Crippen molar-refractivity contribution in [1.29, 1.82) is 0 Å². The molecule has 0 heterocycles. The van der Waals surface area contributed by atoms with Gasteiger partial charge in [0.15, 0.2) is 0 Å². The first-order valence-corrected chi connectivity index (χ1v) is 14.9. The Balaban J connectivity index is 2.24. The lowest BCUT2D eigenvalue weighted by atomic mass is 9.78. The minimum absolute atomic E-state index is 0.0579. The van der Waals surface area contributed by atoms with E-state index in [4.69, 9.17) is 4.74 Å². The van der Waals surface area contributed by atoms with E-state index < -0.39 is 0 Å². The fourth-order valence-electron chi connectivity index (χ4n) is 5.40. The van der Waals surface area contributed by atoms with Crippen LogP contribution in [0.4, 0.5) is 0 Å². The number of ether oxygens (including phenoxy) is 1. The number of unbranched alkanes of at least 4 members (excludes halogenated alkanes) is 15. The summed E-state index contributed by atoms with van der Waals surface area (Å²) in [6.45, 7) is 4.50. The van der Waals surface area contributed by atoms with Crippen LogP contribution in [0.5, 0.6) is 0 Å². The van der Waals surface area contributed by atoms with Crippen molar-refractivity contribution < 1.29 is 14.3 Å². The molecule has 1 rings (SSSR count). The van der Waals surface area contributed by atoms with Gasteiger partial charge in [-0.1, -0.05) is 136 Å². The maximum atomic E-state index is 12.9. The molecule has 3 heteroatoms. The molecule has 1 atom stereocenters. The minimum Gasteiger partial charge on any atom is -0.393 e. The first kappa shape index (κ1) is 30.2. The van der Waals surface area contributed by atoms with Gasteiger partial charge in [0.1, 0.15) is 0 Å². The zero-order valence-corrected chi connectivity index (χ0v) is 22.4. The van der Waals surface area contributed by atoms with Crippen LogP contribution >= 0.6 is 0 Å². The molecule has 194 valence electrons. The van der Waals surface area contributed by atoms with E-state index in [9.17, 15) is 9.59 Å². The fraction of sp³-hybridized carbons (Fsp3) is 0.933. The summed E-state index contributed by atoms with van der Waals surface area (Å²) in [5.41, 5.74) is 0. The van der Waals surface area contributed by atoms with Crippen molar-refractivity contribution in [2.45, 2.75) is 168 Å². The van der Waals surface area contributed by atoms with E-state index >= 15 is 0 Å². The third-order valence-electron chi connectivity index (χ3n) is 7.59. The Hall–Kier alpha value is -0.860. The molecule has 0 amide bonds. The van der Waals surface area contributed by atoms with Crippen LogP contribution in [0.15, 0.2) is 0 Å². The Labute approximate surface area is 206 Å². The summed E-state index contributed by atoms with van der Waals surface area (Å²) in [6, 6.07) is 0. The molecule has 1 aliphatic carbocycles. The summed E-state index contributed by atoms with van der Waals surface area (Å²) in [5, 5.41) is 0. The van der Waals surface area contributed by atoms with Crippen LogP contribution in [0, 0.1) is 11.8 Å². The topological polar surface area (TPSA) is 43.4 Å². The Morgan fingerprint density at radius 1 is 0.636 bits per heavy atom. The molecule has 3 nitrogen and oxygen atoms in total. The van der Waals surface area contributed by atoms with Crippen LogP contribution in [0.1, 0.15) is 168 Å². The third kappa shape index (κ3) is 16.4. The minimum atomic E-state index is -0.292. The summed E-state index contributed by atoms with van der Waals surface area (Å²) < 4.78 is 5.38. The number of hydrogen-bond acceptors (Lipinski definition) is 3. The maximum absolute atomic E-state index is 12.9. The molecule has 1 unspecified atom stereocenters. The van der Waals surface area contributed by atoms with Crippen LogP contribution < -0.4 is 0 Å². The molecule has 33 heavy (non-hydrogen) atoms. The molecule has 1 saturated carbocycles. The number of esters is 2. The zero-order valence-electron chi connectivity index (χ0n) is 22.4. The van der Waals surface area contributed by atoms with E-state index in [2.05, 4.69) is 13.8 Å². The number of carbonyl (C=O) groups is 2. The number of rotatable bonds is 21. The van der Waals surface area contributed by atoms with Crippen LogP contribution in [-0.2, 0) is 14.3 Å². The average Bonchev–Trinajstić information content (AvgIpc) is 2.82. The van der Waals surface area contributed by atoms with Crippen molar-refractivity contribution in [2.24, 2.45) is 11.8 Å². The molecule has 0 spiro atoms. The number of hydrogen-bond donors (Lipinski definition) is 0. The van der Waals surface area contributed by atoms with E-state index in [-0.39, 0.29) is 17.9 Å². The second-order valence-electron chi connectivity index (χ2n) is 10.6. The lowest BCUT2D eigenvalue weighted by molar-refractivity contribution is -0.164. The summed E-state index contributed by atoms with van der Waals surface area (Å²) in [5.74, 6) is -0.140. The largest absolute Gasteiger partial charge is 0.393 e. The Morgan fingerprint density at radius 3 is 1.61 bits per heavy atom. The molecule has 0 saturated heterocycles. The van der Waals surface area contributed by atoms with Gasteiger partial charge in [0.2, 0.25) is 0 Å². The van der Waals surface area contributed by atoms with Crippen molar-refractivity contribution in [3.8, 4) is 0 Å². The van der Waals surface area contributed by atoms with Gasteiger partial charge in [0, 0.05) is 6.42 Å². The molecule has 1 fully saturated rings. The van der Waals surface area contributed by atoms with Gasteiger partial charge in [-0.05, 0) is 31.6 Å². The molecule has 0 aromatic carbocycles. The zero-order chi connectivity index (χ0) is 24.0. The first-order valence-electron chi connectivity index (χ1n) is 14.9. The highest BCUT2D eigenvalue weighted by molar-refractivity contribution is 5.86. The van der Waals surface area contributed by atoms with Crippen molar-refractivity contribution in [3.05, 3.63) is 0 Å². The summed E-state index contributed by atoms with van der Waals surface area (Å²) >= 11 is 0. The van der Waals surface area contributed by atoms with E-state index in [1.54, 1.807) is 0 Å². The highest BCUT2D eigenvalue weighted by Gasteiger charge is 2.31. The van der Waals surface area contributed by atoms with E-state index in [1.165, 1.54) is 109 Å². The SMILES string of the molecule is CCCCCCCCCCCC(=O)OC(=O)C(CCCCCCCCCC)C1CCCCC1. The highest BCUT2D eigenvalue weighted by atomic mass is 16.6. The number of carbonyl (C=O) groups excluding carboxylic acids is 2. The molecule has 0 radical (unpaired) electrons. The third-order valence-corrected chi connectivity index (χ3v) is 7.59. The smallest absolute Gasteiger partial charge is 0.316 e. The summed E-state index contributed by atoms with van der Waals surface area (Å²) in [4.78, 5) is 25.2. The Bertz CT molecular complexity index is 467. The second-order valence-corrected chi connectivity index (χ2v) is 10.6. The molecule has 1 aliphatic rings. The second kappa shape index (κ2) is 21.7. The summed E-state index contributed by atoms with van der Waals surface area (Å²) in [7, 11) is 0. The molecule has 0 bridgehead atoms. The van der Waals surface area contributed by atoms with Crippen molar-refractivity contribution in [1.82, 2.24) is 0 Å². The van der Waals surface area contributed by atoms with Gasteiger partial charge < -0.3 is 4.74 Å². The van der Waals surface area contributed by atoms with Crippen LogP contribution in [-0.4, -0.2) is 11.9 Å². The fourth-order valence-corrected chi connectivity index (χ4v) is 5.40. The van der Waals surface area contributed by atoms with Crippen LogP contribution in [0.2, 0.25) is 0 Å². The predicted octanol–water partition coefficient (Wildman–Crippen LogP) is 9.70. The Kier molecular flexibility index (Phi) is 19.8. The first-order chi connectivity index (χ1) is 16.2. The average molecular weight is 465 g/mol.